The zero-order chi connectivity index (χ0) is 14.0. The Labute approximate surface area is 109 Å². The molecule has 1 aromatic heterocycles. The number of aromatic nitrogens is 2. The van der Waals surface area contributed by atoms with Crippen LogP contribution in [0.5, 0.6) is 0 Å². The predicted octanol–water partition coefficient (Wildman–Crippen LogP) is 1.63. The summed E-state index contributed by atoms with van der Waals surface area (Å²) in [5, 5.41) is 9.24. The SMILES string of the molecule is CCC(COC)n1c(=O)[nH]c2cccc(C(=O)O)c21. The van der Waals surface area contributed by atoms with Crippen molar-refractivity contribution in [3.63, 3.8) is 0 Å². The molecule has 2 N–H and O–H groups in total. The minimum atomic E-state index is -1.05. The number of rotatable bonds is 5. The average molecular weight is 264 g/mol. The van der Waals surface area contributed by atoms with Crippen LogP contribution in [0.2, 0.25) is 0 Å². The number of H-pyrrole nitrogens is 1. The highest BCUT2D eigenvalue weighted by atomic mass is 16.5. The van der Waals surface area contributed by atoms with Crippen LogP contribution in [0.4, 0.5) is 0 Å². The molecule has 0 amide bonds. The number of ether oxygens (including phenoxy) is 1. The van der Waals surface area contributed by atoms with Gasteiger partial charge in [-0.05, 0) is 18.6 Å². The van der Waals surface area contributed by atoms with Crippen molar-refractivity contribution in [1.29, 1.82) is 0 Å². The maximum absolute atomic E-state index is 12.0. The summed E-state index contributed by atoms with van der Waals surface area (Å²) in [5.41, 5.74) is 0.751. The Hall–Kier alpha value is -2.08. The zero-order valence-corrected chi connectivity index (χ0v) is 10.8. The second-order valence-corrected chi connectivity index (χ2v) is 4.32. The van der Waals surface area contributed by atoms with Crippen molar-refractivity contribution < 1.29 is 14.6 Å². The highest BCUT2D eigenvalue weighted by Gasteiger charge is 2.20. The van der Waals surface area contributed by atoms with E-state index in [-0.39, 0.29) is 17.3 Å². The maximum atomic E-state index is 12.0. The average Bonchev–Trinajstić information content (AvgIpc) is 2.71. The molecular weight excluding hydrogens is 248 g/mol. The van der Waals surface area contributed by atoms with E-state index in [1.54, 1.807) is 19.2 Å². The molecular formula is C13H16N2O4. The van der Waals surface area contributed by atoms with Crippen molar-refractivity contribution in [2.75, 3.05) is 13.7 Å². The molecule has 2 aromatic rings. The lowest BCUT2D eigenvalue weighted by atomic mass is 10.1. The molecule has 0 fully saturated rings. The van der Waals surface area contributed by atoms with Crippen LogP contribution in [0.1, 0.15) is 29.7 Å². The van der Waals surface area contributed by atoms with Crippen LogP contribution in [0.3, 0.4) is 0 Å². The summed E-state index contributed by atoms with van der Waals surface area (Å²) in [5.74, 6) is -1.05. The first-order chi connectivity index (χ1) is 9.10. The van der Waals surface area contributed by atoms with Gasteiger partial charge in [-0.2, -0.15) is 0 Å². The van der Waals surface area contributed by atoms with Gasteiger partial charge in [0.1, 0.15) is 0 Å². The summed E-state index contributed by atoms with van der Waals surface area (Å²) in [6.45, 7) is 2.29. The van der Waals surface area contributed by atoms with Gasteiger partial charge in [0.25, 0.3) is 0 Å². The summed E-state index contributed by atoms with van der Waals surface area (Å²) in [6.07, 6.45) is 0.675. The number of nitrogens with one attached hydrogen (secondary N) is 1. The van der Waals surface area contributed by atoms with Gasteiger partial charge >= 0.3 is 11.7 Å². The summed E-state index contributed by atoms with van der Waals surface area (Å²) in [7, 11) is 1.56. The van der Waals surface area contributed by atoms with Gasteiger partial charge in [-0.3, -0.25) is 4.57 Å². The number of aromatic carboxylic acids is 1. The number of fused-ring (bicyclic) bond motifs is 1. The number of carbonyl (C=O) groups is 1. The van der Waals surface area contributed by atoms with E-state index in [1.807, 2.05) is 6.92 Å². The smallest absolute Gasteiger partial charge is 0.337 e. The Kier molecular flexibility index (Phi) is 3.71. The van der Waals surface area contributed by atoms with Crippen LogP contribution in [-0.2, 0) is 4.74 Å². The number of para-hydroxylation sites is 1. The van der Waals surface area contributed by atoms with Crippen LogP contribution in [0.25, 0.3) is 11.0 Å². The number of carboxylic acids is 1. The molecule has 1 atom stereocenters. The number of methoxy groups -OCH3 is 1. The van der Waals surface area contributed by atoms with Gasteiger partial charge in [0.2, 0.25) is 0 Å². The van der Waals surface area contributed by atoms with E-state index in [4.69, 9.17) is 4.74 Å². The maximum Gasteiger partial charge on any atom is 0.337 e. The molecule has 1 heterocycles. The van der Waals surface area contributed by atoms with Crippen molar-refractivity contribution in [1.82, 2.24) is 9.55 Å². The second kappa shape index (κ2) is 5.27. The largest absolute Gasteiger partial charge is 0.478 e. The summed E-state index contributed by atoms with van der Waals surface area (Å²) < 4.78 is 6.58. The zero-order valence-electron chi connectivity index (χ0n) is 10.8. The molecule has 2 rings (SSSR count). The number of imidazole rings is 1. The highest BCUT2D eigenvalue weighted by Crippen LogP contribution is 2.21. The van der Waals surface area contributed by atoms with Crippen molar-refractivity contribution in [2.45, 2.75) is 19.4 Å². The molecule has 102 valence electrons. The lowest BCUT2D eigenvalue weighted by molar-refractivity contribution is 0.0698. The van der Waals surface area contributed by atoms with E-state index in [9.17, 15) is 14.7 Å². The molecule has 0 saturated heterocycles. The van der Waals surface area contributed by atoms with Crippen LogP contribution >= 0.6 is 0 Å². The Morgan fingerprint density at radius 1 is 1.53 bits per heavy atom. The fraction of sp³-hybridized carbons (Fsp3) is 0.385. The molecule has 1 aromatic carbocycles. The van der Waals surface area contributed by atoms with Gasteiger partial charge in [-0.15, -0.1) is 0 Å². The number of benzene rings is 1. The van der Waals surface area contributed by atoms with Crippen molar-refractivity contribution in [3.8, 4) is 0 Å². The van der Waals surface area contributed by atoms with Gasteiger partial charge in [-0.25, -0.2) is 9.59 Å². The summed E-state index contributed by atoms with van der Waals surface area (Å²) in [4.78, 5) is 26.0. The third-order valence-electron chi connectivity index (χ3n) is 3.16. The lowest BCUT2D eigenvalue weighted by Gasteiger charge is -2.16. The van der Waals surface area contributed by atoms with Crippen LogP contribution < -0.4 is 5.69 Å². The second-order valence-electron chi connectivity index (χ2n) is 4.32. The van der Waals surface area contributed by atoms with Crippen molar-refractivity contribution in [2.24, 2.45) is 0 Å². The Balaban J connectivity index is 2.75. The molecule has 0 aliphatic rings. The summed E-state index contributed by atoms with van der Waals surface area (Å²) >= 11 is 0. The number of carboxylic acid groups (broad SMARTS) is 1. The number of nitrogens with zero attached hydrogens (tertiary/aromatic N) is 1. The van der Waals surface area contributed by atoms with E-state index >= 15 is 0 Å². The van der Waals surface area contributed by atoms with E-state index in [0.29, 0.717) is 24.1 Å². The molecule has 0 bridgehead atoms. The van der Waals surface area contributed by atoms with Crippen LogP contribution in [0, 0.1) is 0 Å². The van der Waals surface area contributed by atoms with Crippen LogP contribution in [0.15, 0.2) is 23.0 Å². The molecule has 0 aliphatic heterocycles. The van der Waals surface area contributed by atoms with E-state index in [2.05, 4.69) is 4.98 Å². The first-order valence-electron chi connectivity index (χ1n) is 6.05. The molecule has 6 nitrogen and oxygen atoms in total. The van der Waals surface area contributed by atoms with E-state index in [1.165, 1.54) is 10.6 Å². The summed E-state index contributed by atoms with van der Waals surface area (Å²) in [6, 6.07) is 4.61. The van der Waals surface area contributed by atoms with Gasteiger partial charge in [0.15, 0.2) is 0 Å². The number of aromatic amines is 1. The topological polar surface area (TPSA) is 84.3 Å². The molecule has 0 radical (unpaired) electrons. The Morgan fingerprint density at radius 3 is 2.84 bits per heavy atom. The first-order valence-corrected chi connectivity index (χ1v) is 6.05. The minimum absolute atomic E-state index is 0.116. The predicted molar refractivity (Wildman–Crippen MR) is 70.7 cm³/mol. The lowest BCUT2D eigenvalue weighted by Crippen LogP contribution is -2.25. The van der Waals surface area contributed by atoms with Crippen molar-refractivity contribution >= 4 is 17.0 Å². The molecule has 0 saturated carbocycles. The monoisotopic (exact) mass is 264 g/mol. The highest BCUT2D eigenvalue weighted by molar-refractivity contribution is 6.01. The third kappa shape index (κ3) is 2.26. The standard InChI is InChI=1S/C13H16N2O4/c1-3-8(7-19-2)15-11-9(12(16)17)5-4-6-10(11)14-13(15)18/h4-6,8H,3,7H2,1-2H3,(H,14,18)(H,16,17). The van der Waals surface area contributed by atoms with Gasteiger partial charge in [0.05, 0.1) is 29.2 Å². The minimum Gasteiger partial charge on any atom is -0.478 e. The molecule has 1 unspecified atom stereocenters. The third-order valence-corrected chi connectivity index (χ3v) is 3.16. The Morgan fingerprint density at radius 2 is 2.26 bits per heavy atom. The van der Waals surface area contributed by atoms with Gasteiger partial charge in [0, 0.05) is 7.11 Å². The fourth-order valence-corrected chi connectivity index (χ4v) is 2.27. The Bertz CT molecular complexity index is 656. The van der Waals surface area contributed by atoms with Gasteiger partial charge < -0.3 is 14.8 Å². The fourth-order valence-electron chi connectivity index (χ4n) is 2.27. The van der Waals surface area contributed by atoms with Crippen LogP contribution in [-0.4, -0.2) is 34.3 Å². The molecule has 19 heavy (non-hydrogen) atoms. The normalized spacial score (nSPS) is 12.7. The van der Waals surface area contributed by atoms with E-state index < -0.39 is 5.97 Å². The van der Waals surface area contributed by atoms with Crippen molar-refractivity contribution in [3.05, 3.63) is 34.2 Å². The molecule has 0 spiro atoms. The molecule has 0 aliphatic carbocycles. The van der Waals surface area contributed by atoms with E-state index in [0.717, 1.165) is 0 Å². The quantitative estimate of drug-likeness (QED) is 0.859. The molecule has 6 heteroatoms. The van der Waals surface area contributed by atoms with Gasteiger partial charge in [-0.1, -0.05) is 13.0 Å². The first kappa shape index (κ1) is 13.4. The number of hydrogen-bond donors (Lipinski definition) is 2. The number of hydrogen-bond acceptors (Lipinski definition) is 3.